The molecule has 2 aromatic carbocycles. The van der Waals surface area contributed by atoms with Crippen molar-refractivity contribution >= 4 is 6.09 Å². The highest BCUT2D eigenvalue weighted by Crippen LogP contribution is 2.24. The molecule has 0 aliphatic heterocycles. The van der Waals surface area contributed by atoms with E-state index in [2.05, 4.69) is 0 Å². The summed E-state index contributed by atoms with van der Waals surface area (Å²) < 4.78 is 5.45. The van der Waals surface area contributed by atoms with E-state index in [1.807, 2.05) is 75.4 Å². The third-order valence-corrected chi connectivity index (χ3v) is 4.02. The van der Waals surface area contributed by atoms with E-state index in [9.17, 15) is 9.90 Å². The van der Waals surface area contributed by atoms with E-state index in [4.69, 9.17) is 4.74 Å². The number of hydrogen-bond donors (Lipinski definition) is 1. The summed E-state index contributed by atoms with van der Waals surface area (Å²) >= 11 is 0. The maximum absolute atomic E-state index is 11.8. The summed E-state index contributed by atoms with van der Waals surface area (Å²) in [6.07, 6.45) is -0.270. The molecule has 4 heteroatoms. The monoisotopic (exact) mass is 327 g/mol. The Morgan fingerprint density at radius 1 is 1.04 bits per heavy atom. The van der Waals surface area contributed by atoms with Crippen molar-refractivity contribution < 1.29 is 14.6 Å². The highest BCUT2D eigenvalue weighted by molar-refractivity contribution is 5.66. The van der Waals surface area contributed by atoms with E-state index in [-0.39, 0.29) is 0 Å². The Bertz CT molecular complexity index is 650. The van der Waals surface area contributed by atoms with Crippen molar-refractivity contribution in [3.05, 3.63) is 65.7 Å². The van der Waals surface area contributed by atoms with Crippen molar-refractivity contribution in [1.29, 1.82) is 0 Å². The average Bonchev–Trinajstić information content (AvgIpc) is 2.55. The second kappa shape index (κ2) is 7.86. The molecule has 128 valence electrons. The molecule has 0 unspecified atom stereocenters. The Morgan fingerprint density at radius 2 is 1.67 bits per heavy atom. The third-order valence-electron chi connectivity index (χ3n) is 4.02. The standard InChI is InChI=1S/C20H25NO3/c1-4-24-18-12-10-16(11-13-18)14-20(2,3)21(19(22)23)15-17-8-6-5-7-9-17/h5-13H,4,14-15H2,1-3H3,(H,22,23). The Balaban J connectivity index is 2.13. The molecule has 0 aliphatic rings. The van der Waals surface area contributed by atoms with Gasteiger partial charge >= 0.3 is 6.09 Å². The average molecular weight is 327 g/mol. The van der Waals surface area contributed by atoms with E-state index < -0.39 is 11.6 Å². The number of nitrogens with zero attached hydrogens (tertiary/aromatic N) is 1. The molecule has 0 atom stereocenters. The first kappa shape index (κ1) is 17.9. The first-order valence-corrected chi connectivity index (χ1v) is 8.18. The molecule has 4 nitrogen and oxygen atoms in total. The number of ether oxygens (including phenoxy) is 1. The van der Waals surface area contributed by atoms with E-state index in [0.29, 0.717) is 19.6 Å². The predicted molar refractivity (Wildman–Crippen MR) is 95.4 cm³/mol. The Kier molecular flexibility index (Phi) is 5.85. The number of benzene rings is 2. The SMILES string of the molecule is CCOc1ccc(CC(C)(C)N(Cc2ccccc2)C(=O)O)cc1. The van der Waals surface area contributed by atoms with Gasteiger partial charge < -0.3 is 9.84 Å². The van der Waals surface area contributed by atoms with Crippen LogP contribution in [0.25, 0.3) is 0 Å². The highest BCUT2D eigenvalue weighted by atomic mass is 16.5. The van der Waals surface area contributed by atoms with Crippen LogP contribution in [0.15, 0.2) is 54.6 Å². The summed E-state index contributed by atoms with van der Waals surface area (Å²) in [6.45, 7) is 6.88. The molecule has 0 saturated heterocycles. The quantitative estimate of drug-likeness (QED) is 0.809. The van der Waals surface area contributed by atoms with Crippen LogP contribution in [0.5, 0.6) is 5.75 Å². The molecule has 0 aliphatic carbocycles. The van der Waals surface area contributed by atoms with E-state index in [0.717, 1.165) is 16.9 Å². The number of carbonyl (C=O) groups is 1. The van der Waals surface area contributed by atoms with Crippen molar-refractivity contribution in [2.45, 2.75) is 39.3 Å². The molecule has 1 amide bonds. The minimum atomic E-state index is -0.908. The molecular formula is C20H25NO3. The van der Waals surface area contributed by atoms with Gasteiger partial charge in [0.15, 0.2) is 0 Å². The lowest BCUT2D eigenvalue weighted by Gasteiger charge is -2.37. The molecule has 0 bridgehead atoms. The van der Waals surface area contributed by atoms with E-state index in [1.165, 1.54) is 4.90 Å². The van der Waals surface area contributed by atoms with E-state index in [1.54, 1.807) is 0 Å². The van der Waals surface area contributed by atoms with Crippen molar-refractivity contribution in [3.63, 3.8) is 0 Å². The number of rotatable bonds is 7. The fraction of sp³-hybridized carbons (Fsp3) is 0.350. The van der Waals surface area contributed by atoms with Gasteiger partial charge in [0.25, 0.3) is 0 Å². The van der Waals surface area contributed by atoms with Gasteiger partial charge in [-0.05, 0) is 50.5 Å². The van der Waals surface area contributed by atoms with Gasteiger partial charge in [0.05, 0.1) is 6.61 Å². The number of hydrogen-bond acceptors (Lipinski definition) is 2. The fourth-order valence-electron chi connectivity index (χ4n) is 2.77. The molecule has 24 heavy (non-hydrogen) atoms. The lowest BCUT2D eigenvalue weighted by atomic mass is 9.92. The molecular weight excluding hydrogens is 302 g/mol. The van der Waals surface area contributed by atoms with Crippen LogP contribution in [0.2, 0.25) is 0 Å². The normalized spacial score (nSPS) is 11.1. The van der Waals surface area contributed by atoms with Crippen LogP contribution in [0, 0.1) is 0 Å². The van der Waals surface area contributed by atoms with Gasteiger partial charge in [-0.25, -0.2) is 4.79 Å². The number of carboxylic acid groups (broad SMARTS) is 1. The van der Waals surface area contributed by atoms with Crippen LogP contribution in [0.3, 0.4) is 0 Å². The summed E-state index contributed by atoms with van der Waals surface area (Å²) in [4.78, 5) is 13.3. The summed E-state index contributed by atoms with van der Waals surface area (Å²) in [6, 6.07) is 17.5. The Hall–Kier alpha value is -2.49. The zero-order valence-corrected chi connectivity index (χ0v) is 14.5. The summed E-state index contributed by atoms with van der Waals surface area (Å²) in [5.74, 6) is 0.832. The maximum atomic E-state index is 11.8. The smallest absolute Gasteiger partial charge is 0.408 e. The van der Waals surface area contributed by atoms with Gasteiger partial charge in [-0.2, -0.15) is 0 Å². The van der Waals surface area contributed by atoms with Gasteiger partial charge in [0.1, 0.15) is 5.75 Å². The first-order valence-electron chi connectivity index (χ1n) is 8.18. The van der Waals surface area contributed by atoms with Crippen molar-refractivity contribution in [3.8, 4) is 5.75 Å². The van der Waals surface area contributed by atoms with Gasteiger partial charge in [-0.1, -0.05) is 42.5 Å². The molecule has 0 radical (unpaired) electrons. The minimum Gasteiger partial charge on any atom is -0.494 e. The van der Waals surface area contributed by atoms with Gasteiger partial charge in [-0.15, -0.1) is 0 Å². The van der Waals surface area contributed by atoms with Crippen LogP contribution in [-0.2, 0) is 13.0 Å². The van der Waals surface area contributed by atoms with Crippen molar-refractivity contribution in [1.82, 2.24) is 4.90 Å². The molecule has 0 saturated carbocycles. The molecule has 0 heterocycles. The zero-order chi connectivity index (χ0) is 17.6. The van der Waals surface area contributed by atoms with Gasteiger partial charge in [-0.3, -0.25) is 4.90 Å². The lowest BCUT2D eigenvalue weighted by molar-refractivity contribution is 0.0871. The Labute approximate surface area is 143 Å². The van der Waals surface area contributed by atoms with Gasteiger partial charge in [0.2, 0.25) is 0 Å². The maximum Gasteiger partial charge on any atom is 0.408 e. The lowest BCUT2D eigenvalue weighted by Crippen LogP contribution is -2.48. The Morgan fingerprint density at radius 3 is 2.21 bits per heavy atom. The van der Waals surface area contributed by atoms with E-state index >= 15 is 0 Å². The summed E-state index contributed by atoms with van der Waals surface area (Å²) in [7, 11) is 0. The molecule has 2 rings (SSSR count). The topological polar surface area (TPSA) is 49.8 Å². The first-order chi connectivity index (χ1) is 11.4. The molecule has 2 aromatic rings. The highest BCUT2D eigenvalue weighted by Gasteiger charge is 2.31. The summed E-state index contributed by atoms with van der Waals surface area (Å²) in [5.41, 5.74) is 1.55. The fourth-order valence-corrected chi connectivity index (χ4v) is 2.77. The zero-order valence-electron chi connectivity index (χ0n) is 14.5. The second-order valence-electron chi connectivity index (χ2n) is 6.42. The second-order valence-corrected chi connectivity index (χ2v) is 6.42. The van der Waals surface area contributed by atoms with Crippen LogP contribution >= 0.6 is 0 Å². The molecule has 0 aromatic heterocycles. The van der Waals surface area contributed by atoms with Crippen LogP contribution in [0.4, 0.5) is 4.79 Å². The van der Waals surface area contributed by atoms with Crippen LogP contribution in [-0.4, -0.2) is 28.2 Å². The largest absolute Gasteiger partial charge is 0.494 e. The molecule has 1 N–H and O–H groups in total. The molecule has 0 spiro atoms. The van der Waals surface area contributed by atoms with Crippen LogP contribution in [0.1, 0.15) is 31.9 Å². The molecule has 0 fully saturated rings. The third kappa shape index (κ3) is 4.75. The predicted octanol–water partition coefficient (Wildman–Crippen LogP) is 4.59. The minimum absolute atomic E-state index is 0.375. The van der Waals surface area contributed by atoms with Crippen LogP contribution < -0.4 is 4.74 Å². The summed E-state index contributed by atoms with van der Waals surface area (Å²) in [5, 5.41) is 9.67. The number of amides is 1. The van der Waals surface area contributed by atoms with Gasteiger partial charge in [0, 0.05) is 12.1 Å². The van der Waals surface area contributed by atoms with Crippen molar-refractivity contribution in [2.24, 2.45) is 0 Å². The van der Waals surface area contributed by atoms with Crippen molar-refractivity contribution in [2.75, 3.05) is 6.61 Å².